The van der Waals surface area contributed by atoms with Crippen LogP contribution in [0.3, 0.4) is 0 Å². The van der Waals surface area contributed by atoms with Gasteiger partial charge in [-0.05, 0) is 60.9 Å². The van der Waals surface area contributed by atoms with Crippen LogP contribution < -0.4 is 20.7 Å². The van der Waals surface area contributed by atoms with E-state index in [-0.39, 0.29) is 24.5 Å². The third-order valence-electron chi connectivity index (χ3n) is 5.47. The molecule has 1 unspecified atom stereocenters. The summed E-state index contributed by atoms with van der Waals surface area (Å²) in [7, 11) is 0. The second-order valence-corrected chi connectivity index (χ2v) is 8.12. The summed E-state index contributed by atoms with van der Waals surface area (Å²) in [5.74, 6) is 0.369. The van der Waals surface area contributed by atoms with Gasteiger partial charge in [-0.25, -0.2) is 0 Å². The van der Waals surface area contributed by atoms with Crippen LogP contribution in [0.2, 0.25) is 0 Å². The van der Waals surface area contributed by atoms with Crippen molar-refractivity contribution in [2.24, 2.45) is 0 Å². The molecule has 0 radical (unpaired) electrons. The van der Waals surface area contributed by atoms with Crippen LogP contribution in [0.15, 0.2) is 78.9 Å². The summed E-state index contributed by atoms with van der Waals surface area (Å²) in [6, 6.07) is 24.1. The summed E-state index contributed by atoms with van der Waals surface area (Å²) in [6.07, 6.45) is 2.30. The number of carbonyl (C=O) groups excluding carboxylic acids is 2. The van der Waals surface area contributed by atoms with E-state index in [1.54, 1.807) is 24.3 Å². The number of nitrogens with one attached hydrogen (secondary N) is 3. The first-order valence-electron chi connectivity index (χ1n) is 11.5. The summed E-state index contributed by atoms with van der Waals surface area (Å²) in [6.45, 7) is 1.90. The average Bonchev–Trinajstić information content (AvgIpc) is 3.40. The van der Waals surface area contributed by atoms with E-state index in [2.05, 4.69) is 16.0 Å². The van der Waals surface area contributed by atoms with Gasteiger partial charge in [0.05, 0.1) is 12.6 Å². The van der Waals surface area contributed by atoms with Crippen molar-refractivity contribution in [2.75, 3.05) is 30.4 Å². The summed E-state index contributed by atoms with van der Waals surface area (Å²) in [5, 5.41) is 8.81. The Balaban J connectivity index is 1.21. The number of ether oxygens (including phenoxy) is 2. The molecule has 1 heterocycles. The minimum absolute atomic E-state index is 0.0978. The molecule has 7 nitrogen and oxygen atoms in total. The lowest BCUT2D eigenvalue weighted by atomic mass is 10.1. The van der Waals surface area contributed by atoms with E-state index >= 15 is 0 Å². The van der Waals surface area contributed by atoms with Gasteiger partial charge in [0, 0.05) is 30.1 Å². The maximum Gasteiger partial charge on any atom is 0.251 e. The van der Waals surface area contributed by atoms with Gasteiger partial charge >= 0.3 is 0 Å². The molecule has 7 heteroatoms. The van der Waals surface area contributed by atoms with E-state index in [1.807, 2.05) is 54.6 Å². The Morgan fingerprint density at radius 2 is 1.76 bits per heavy atom. The largest absolute Gasteiger partial charge is 0.491 e. The summed E-state index contributed by atoms with van der Waals surface area (Å²) < 4.78 is 11.3. The highest BCUT2D eigenvalue weighted by Crippen LogP contribution is 2.18. The van der Waals surface area contributed by atoms with Gasteiger partial charge in [0.1, 0.15) is 12.4 Å². The zero-order valence-corrected chi connectivity index (χ0v) is 19.0. The number of anilines is 2. The highest BCUT2D eigenvalue weighted by atomic mass is 16.5. The van der Waals surface area contributed by atoms with Gasteiger partial charge < -0.3 is 25.4 Å². The molecule has 1 aliphatic rings. The van der Waals surface area contributed by atoms with Crippen molar-refractivity contribution in [2.45, 2.75) is 25.5 Å². The molecule has 2 amide bonds. The van der Waals surface area contributed by atoms with Gasteiger partial charge in [0.25, 0.3) is 5.91 Å². The van der Waals surface area contributed by atoms with Gasteiger partial charge in [-0.3, -0.25) is 9.59 Å². The third-order valence-corrected chi connectivity index (χ3v) is 5.47. The molecular weight excluding hydrogens is 430 g/mol. The van der Waals surface area contributed by atoms with Crippen molar-refractivity contribution < 1.29 is 19.1 Å². The van der Waals surface area contributed by atoms with Crippen LogP contribution in [0, 0.1) is 0 Å². The lowest BCUT2D eigenvalue weighted by Gasteiger charge is -2.12. The highest BCUT2D eigenvalue weighted by Gasteiger charge is 2.16. The van der Waals surface area contributed by atoms with Crippen LogP contribution in [0.25, 0.3) is 0 Å². The molecule has 3 N–H and O–H groups in total. The number of hydrogen-bond acceptors (Lipinski definition) is 5. The Labute approximate surface area is 199 Å². The molecule has 0 spiro atoms. The van der Waals surface area contributed by atoms with E-state index in [9.17, 15) is 9.59 Å². The van der Waals surface area contributed by atoms with Crippen LogP contribution in [0.4, 0.5) is 11.4 Å². The zero-order chi connectivity index (χ0) is 23.6. The van der Waals surface area contributed by atoms with Gasteiger partial charge in [0.2, 0.25) is 5.91 Å². The number of amides is 2. The first kappa shape index (κ1) is 23.3. The molecule has 1 atom stereocenters. The molecule has 1 saturated heterocycles. The standard InChI is InChI=1S/C27H29N3O4/c31-26(18-28-22-11-13-24(14-12-22)34-19-25-10-5-15-33-25)30-23-9-4-8-21(16-23)27(32)29-17-20-6-2-1-3-7-20/h1-4,6-9,11-14,16,25,28H,5,10,15,17-19H2,(H,29,32)(H,30,31). The fraction of sp³-hybridized carbons (Fsp3) is 0.259. The predicted molar refractivity (Wildman–Crippen MR) is 132 cm³/mol. The zero-order valence-electron chi connectivity index (χ0n) is 19.0. The first-order chi connectivity index (χ1) is 16.7. The topological polar surface area (TPSA) is 88.7 Å². The first-order valence-corrected chi connectivity index (χ1v) is 11.5. The minimum Gasteiger partial charge on any atom is -0.491 e. The Bertz CT molecular complexity index is 1080. The summed E-state index contributed by atoms with van der Waals surface area (Å²) >= 11 is 0. The molecule has 4 rings (SSSR count). The molecule has 176 valence electrons. The van der Waals surface area contributed by atoms with Crippen LogP contribution in [0.5, 0.6) is 5.75 Å². The van der Waals surface area contributed by atoms with E-state index < -0.39 is 0 Å². The minimum atomic E-state index is -0.208. The lowest BCUT2D eigenvalue weighted by Crippen LogP contribution is -2.24. The fourth-order valence-corrected chi connectivity index (χ4v) is 3.64. The fourth-order valence-electron chi connectivity index (χ4n) is 3.64. The second kappa shape index (κ2) is 11.9. The molecule has 3 aromatic carbocycles. The van der Waals surface area contributed by atoms with Gasteiger partial charge in [-0.15, -0.1) is 0 Å². The molecule has 1 aliphatic heterocycles. The number of carbonyl (C=O) groups is 2. The Morgan fingerprint density at radius 3 is 2.53 bits per heavy atom. The highest BCUT2D eigenvalue weighted by molar-refractivity contribution is 5.98. The predicted octanol–water partition coefficient (Wildman–Crippen LogP) is 4.23. The van der Waals surface area contributed by atoms with Gasteiger partial charge in [-0.1, -0.05) is 36.4 Å². The normalized spacial score (nSPS) is 14.9. The molecule has 0 saturated carbocycles. The maximum absolute atomic E-state index is 12.5. The van der Waals surface area contributed by atoms with Crippen molar-refractivity contribution in [3.63, 3.8) is 0 Å². The Kier molecular flexibility index (Phi) is 8.13. The summed E-state index contributed by atoms with van der Waals surface area (Å²) in [5.41, 5.74) is 2.89. The van der Waals surface area contributed by atoms with Crippen molar-refractivity contribution in [1.29, 1.82) is 0 Å². The molecule has 34 heavy (non-hydrogen) atoms. The number of hydrogen-bond donors (Lipinski definition) is 3. The van der Waals surface area contributed by atoms with Crippen molar-refractivity contribution in [1.82, 2.24) is 5.32 Å². The van der Waals surface area contributed by atoms with E-state index in [0.717, 1.165) is 36.4 Å². The van der Waals surface area contributed by atoms with E-state index in [1.165, 1.54) is 0 Å². The van der Waals surface area contributed by atoms with E-state index in [4.69, 9.17) is 9.47 Å². The van der Waals surface area contributed by atoms with Crippen LogP contribution >= 0.6 is 0 Å². The monoisotopic (exact) mass is 459 g/mol. The third kappa shape index (κ3) is 7.08. The average molecular weight is 460 g/mol. The maximum atomic E-state index is 12.5. The SMILES string of the molecule is O=C(CNc1ccc(OCC2CCCO2)cc1)Nc1cccc(C(=O)NCc2ccccc2)c1. The molecular formula is C27H29N3O4. The number of benzene rings is 3. The molecule has 0 aliphatic carbocycles. The van der Waals surface area contributed by atoms with Crippen LogP contribution in [0.1, 0.15) is 28.8 Å². The smallest absolute Gasteiger partial charge is 0.251 e. The van der Waals surface area contributed by atoms with Gasteiger partial charge in [-0.2, -0.15) is 0 Å². The van der Waals surface area contributed by atoms with Crippen LogP contribution in [-0.4, -0.2) is 37.7 Å². The lowest BCUT2D eigenvalue weighted by molar-refractivity contribution is -0.114. The number of rotatable bonds is 10. The van der Waals surface area contributed by atoms with Crippen molar-refractivity contribution in [3.05, 3.63) is 90.0 Å². The summed E-state index contributed by atoms with van der Waals surface area (Å²) in [4.78, 5) is 24.8. The van der Waals surface area contributed by atoms with Crippen molar-refractivity contribution >= 4 is 23.2 Å². The Morgan fingerprint density at radius 1 is 0.941 bits per heavy atom. The second-order valence-electron chi connectivity index (χ2n) is 8.12. The molecule has 0 aromatic heterocycles. The quantitative estimate of drug-likeness (QED) is 0.422. The van der Waals surface area contributed by atoms with E-state index in [0.29, 0.717) is 24.4 Å². The van der Waals surface area contributed by atoms with Crippen molar-refractivity contribution in [3.8, 4) is 5.75 Å². The Hall–Kier alpha value is -3.84. The van der Waals surface area contributed by atoms with Crippen LogP contribution in [-0.2, 0) is 16.1 Å². The molecule has 3 aromatic rings. The van der Waals surface area contributed by atoms with Gasteiger partial charge in [0.15, 0.2) is 0 Å². The molecule has 0 bridgehead atoms. The molecule has 1 fully saturated rings.